The van der Waals surface area contributed by atoms with Gasteiger partial charge in [0, 0.05) is 0 Å². The van der Waals surface area contributed by atoms with Crippen LogP contribution in [0.1, 0.15) is 13.8 Å². The molecule has 0 aliphatic rings. The lowest BCUT2D eigenvalue weighted by atomic mass is 10.1. The molecule has 0 saturated heterocycles. The van der Waals surface area contributed by atoms with Crippen molar-refractivity contribution in [2.24, 2.45) is 5.73 Å². The van der Waals surface area contributed by atoms with Gasteiger partial charge in [0.05, 0.1) is 5.57 Å². The highest BCUT2D eigenvalue weighted by molar-refractivity contribution is 6.19. The summed E-state index contributed by atoms with van der Waals surface area (Å²) in [6, 6.07) is 0. The van der Waals surface area contributed by atoms with E-state index in [1.807, 2.05) is 0 Å². The minimum absolute atomic E-state index is 0.111. The Hall–Kier alpha value is -1.32. The zero-order valence-electron chi connectivity index (χ0n) is 5.93. The standard InChI is InChI=1S/C6H10N2O2/c1-3(9)5(4(2)10)6(7)8/h9H,1-2H3,(H3,7,8)/b5-3-. The molecule has 0 aromatic heterocycles. The van der Waals surface area contributed by atoms with Crippen molar-refractivity contribution >= 4 is 11.6 Å². The molecule has 56 valence electrons. The summed E-state index contributed by atoms with van der Waals surface area (Å²) in [5.41, 5.74) is 4.87. The molecule has 4 heteroatoms. The second-order valence-corrected chi connectivity index (χ2v) is 1.93. The number of hydrogen-bond acceptors (Lipinski definition) is 3. The predicted molar refractivity (Wildman–Crippen MR) is 37.9 cm³/mol. The van der Waals surface area contributed by atoms with Gasteiger partial charge < -0.3 is 10.8 Å². The summed E-state index contributed by atoms with van der Waals surface area (Å²) in [6.07, 6.45) is 0. The van der Waals surface area contributed by atoms with Gasteiger partial charge in [-0.25, -0.2) is 0 Å². The molecule has 0 aromatic carbocycles. The van der Waals surface area contributed by atoms with Gasteiger partial charge in [0.1, 0.15) is 11.6 Å². The zero-order valence-corrected chi connectivity index (χ0v) is 5.93. The van der Waals surface area contributed by atoms with Crippen molar-refractivity contribution in [2.45, 2.75) is 13.8 Å². The quantitative estimate of drug-likeness (QED) is 0.225. The highest BCUT2D eigenvalue weighted by Crippen LogP contribution is 2.00. The normalized spacial score (nSPS) is 12.2. The number of amidine groups is 1. The maximum atomic E-state index is 10.6. The van der Waals surface area contributed by atoms with Crippen LogP contribution in [0.15, 0.2) is 11.3 Å². The summed E-state index contributed by atoms with van der Waals surface area (Å²) < 4.78 is 0. The van der Waals surface area contributed by atoms with Crippen LogP contribution in [-0.4, -0.2) is 16.7 Å². The summed E-state index contributed by atoms with van der Waals surface area (Å²) in [6.45, 7) is 2.56. The van der Waals surface area contributed by atoms with E-state index in [-0.39, 0.29) is 11.3 Å². The Kier molecular flexibility index (Phi) is 2.61. The van der Waals surface area contributed by atoms with Crippen LogP contribution in [0.4, 0.5) is 0 Å². The van der Waals surface area contributed by atoms with E-state index in [9.17, 15) is 4.79 Å². The lowest BCUT2D eigenvalue weighted by Gasteiger charge is -2.00. The molecule has 4 N–H and O–H groups in total. The SMILES string of the molecule is CC(=O)/C(C(=N)N)=C(\C)O. The van der Waals surface area contributed by atoms with Crippen molar-refractivity contribution in [3.63, 3.8) is 0 Å². The number of Topliss-reactive ketones (excluding diaryl/α,β-unsaturated/α-hetero) is 1. The third-order valence-corrected chi connectivity index (χ3v) is 0.983. The minimum Gasteiger partial charge on any atom is -0.512 e. The maximum Gasteiger partial charge on any atom is 0.166 e. The van der Waals surface area contributed by atoms with Gasteiger partial charge in [-0.05, 0) is 13.8 Å². The molecule has 0 bridgehead atoms. The number of aliphatic hydroxyl groups excluding tert-OH is 1. The van der Waals surface area contributed by atoms with Gasteiger partial charge >= 0.3 is 0 Å². The third-order valence-electron chi connectivity index (χ3n) is 0.983. The minimum atomic E-state index is -0.396. The van der Waals surface area contributed by atoms with Crippen molar-refractivity contribution in [1.82, 2.24) is 0 Å². The van der Waals surface area contributed by atoms with E-state index in [4.69, 9.17) is 16.2 Å². The average molecular weight is 142 g/mol. The topological polar surface area (TPSA) is 87.2 Å². The first-order valence-corrected chi connectivity index (χ1v) is 2.72. The number of ketones is 1. The number of nitrogens with two attached hydrogens (primary N) is 1. The molecule has 0 rings (SSSR count). The largest absolute Gasteiger partial charge is 0.512 e. The van der Waals surface area contributed by atoms with Crippen LogP contribution < -0.4 is 5.73 Å². The van der Waals surface area contributed by atoms with Crippen molar-refractivity contribution < 1.29 is 9.90 Å². The maximum absolute atomic E-state index is 10.6. The third kappa shape index (κ3) is 1.89. The van der Waals surface area contributed by atoms with Crippen LogP contribution in [-0.2, 0) is 4.79 Å². The Bertz CT molecular complexity index is 186. The number of carbonyl (C=O) groups is 1. The van der Waals surface area contributed by atoms with E-state index in [2.05, 4.69) is 0 Å². The predicted octanol–water partition coefficient (Wildman–Crippen LogP) is 0.343. The number of aliphatic hydroxyl groups is 1. The van der Waals surface area contributed by atoms with Crippen LogP contribution in [0, 0.1) is 5.41 Å². The van der Waals surface area contributed by atoms with Crippen LogP contribution in [0.2, 0.25) is 0 Å². The van der Waals surface area contributed by atoms with Crippen molar-refractivity contribution in [3.05, 3.63) is 11.3 Å². The summed E-state index contributed by atoms with van der Waals surface area (Å²) in [5, 5.41) is 15.6. The Morgan fingerprint density at radius 2 is 1.90 bits per heavy atom. The Morgan fingerprint density at radius 1 is 1.50 bits per heavy atom. The van der Waals surface area contributed by atoms with Gasteiger partial charge in [-0.15, -0.1) is 0 Å². The molecule has 0 heterocycles. The fraction of sp³-hybridized carbons (Fsp3) is 0.333. The van der Waals surface area contributed by atoms with E-state index >= 15 is 0 Å². The lowest BCUT2D eigenvalue weighted by Crippen LogP contribution is -2.19. The van der Waals surface area contributed by atoms with E-state index in [1.54, 1.807) is 0 Å². The molecular weight excluding hydrogens is 132 g/mol. The molecule has 0 radical (unpaired) electrons. The first kappa shape index (κ1) is 8.68. The first-order chi connectivity index (χ1) is 4.46. The second-order valence-electron chi connectivity index (χ2n) is 1.93. The Balaban J connectivity index is 4.79. The molecule has 4 nitrogen and oxygen atoms in total. The van der Waals surface area contributed by atoms with Crippen LogP contribution in [0.3, 0.4) is 0 Å². The average Bonchev–Trinajstić information content (AvgIpc) is 1.59. The molecule has 0 aliphatic carbocycles. The lowest BCUT2D eigenvalue weighted by molar-refractivity contribution is -0.113. The summed E-state index contributed by atoms with van der Waals surface area (Å²) >= 11 is 0. The van der Waals surface area contributed by atoms with Gasteiger partial charge in [0.2, 0.25) is 0 Å². The molecule has 0 aromatic rings. The van der Waals surface area contributed by atoms with Crippen molar-refractivity contribution in [3.8, 4) is 0 Å². The van der Waals surface area contributed by atoms with Crippen molar-refractivity contribution in [1.29, 1.82) is 5.41 Å². The van der Waals surface area contributed by atoms with E-state index in [0.29, 0.717) is 0 Å². The van der Waals surface area contributed by atoms with Gasteiger partial charge in [-0.3, -0.25) is 10.2 Å². The summed E-state index contributed by atoms with van der Waals surface area (Å²) in [4.78, 5) is 10.6. The Labute approximate surface area is 58.9 Å². The number of carbonyl (C=O) groups excluding carboxylic acids is 1. The number of hydrogen-bond donors (Lipinski definition) is 3. The molecule has 0 aliphatic heterocycles. The van der Waals surface area contributed by atoms with Gasteiger partial charge in [0.15, 0.2) is 5.78 Å². The van der Waals surface area contributed by atoms with Crippen LogP contribution >= 0.6 is 0 Å². The van der Waals surface area contributed by atoms with E-state index < -0.39 is 11.6 Å². The van der Waals surface area contributed by atoms with Crippen molar-refractivity contribution in [2.75, 3.05) is 0 Å². The molecule has 10 heavy (non-hydrogen) atoms. The van der Waals surface area contributed by atoms with Gasteiger partial charge in [-0.2, -0.15) is 0 Å². The number of allylic oxidation sites excluding steroid dienone is 1. The number of nitrogens with one attached hydrogen (secondary N) is 1. The molecule has 0 saturated carbocycles. The Morgan fingerprint density at radius 3 is 1.90 bits per heavy atom. The smallest absolute Gasteiger partial charge is 0.166 e. The molecule has 0 unspecified atom stereocenters. The fourth-order valence-corrected chi connectivity index (χ4v) is 0.639. The first-order valence-electron chi connectivity index (χ1n) is 2.72. The monoisotopic (exact) mass is 142 g/mol. The number of rotatable bonds is 2. The highest BCUT2D eigenvalue weighted by atomic mass is 16.3. The molecule has 0 atom stereocenters. The molecular formula is C6H10N2O2. The second kappa shape index (κ2) is 3.00. The fourth-order valence-electron chi connectivity index (χ4n) is 0.639. The molecule has 0 amide bonds. The van der Waals surface area contributed by atoms with Crippen LogP contribution in [0.25, 0.3) is 0 Å². The molecule has 0 spiro atoms. The van der Waals surface area contributed by atoms with Crippen LogP contribution in [0.5, 0.6) is 0 Å². The van der Waals surface area contributed by atoms with Gasteiger partial charge in [-0.1, -0.05) is 0 Å². The van der Waals surface area contributed by atoms with E-state index in [1.165, 1.54) is 13.8 Å². The summed E-state index contributed by atoms with van der Waals surface area (Å²) in [5.74, 6) is -1.000. The van der Waals surface area contributed by atoms with Gasteiger partial charge in [0.25, 0.3) is 0 Å². The van der Waals surface area contributed by atoms with E-state index in [0.717, 1.165) is 0 Å². The summed E-state index contributed by atoms with van der Waals surface area (Å²) in [7, 11) is 0. The highest BCUT2D eigenvalue weighted by Gasteiger charge is 2.10. The molecule has 0 fully saturated rings. The zero-order chi connectivity index (χ0) is 8.31.